The summed E-state index contributed by atoms with van der Waals surface area (Å²) >= 11 is 0. The molecule has 0 saturated carbocycles. The second-order valence-corrected chi connectivity index (χ2v) is 4.31. The van der Waals surface area contributed by atoms with Gasteiger partial charge in [0.2, 0.25) is 0 Å². The molecule has 1 aromatic rings. The van der Waals surface area contributed by atoms with E-state index in [1.165, 1.54) is 0 Å². The molecule has 2 N–H and O–H groups in total. The molecule has 1 amide bonds. The van der Waals surface area contributed by atoms with E-state index in [0.717, 1.165) is 11.3 Å². The number of methoxy groups -OCH3 is 1. The first-order valence-electron chi connectivity index (χ1n) is 6.01. The molecule has 0 radical (unpaired) electrons. The normalized spacial score (nSPS) is 18.9. The summed E-state index contributed by atoms with van der Waals surface area (Å²) in [6.45, 7) is 1.71. The van der Waals surface area contributed by atoms with Crippen LogP contribution in [0.25, 0.3) is 0 Å². The number of nitrogens with two attached hydrogens (primary N) is 1. The van der Waals surface area contributed by atoms with E-state index in [9.17, 15) is 4.79 Å². The lowest BCUT2D eigenvalue weighted by atomic mass is 10.2. The van der Waals surface area contributed by atoms with Crippen LogP contribution in [0.2, 0.25) is 0 Å². The van der Waals surface area contributed by atoms with E-state index in [4.69, 9.17) is 15.2 Å². The second kappa shape index (κ2) is 5.73. The Morgan fingerprint density at radius 2 is 2.17 bits per heavy atom. The summed E-state index contributed by atoms with van der Waals surface area (Å²) in [4.78, 5) is 13.3. The third kappa shape index (κ3) is 2.92. The highest BCUT2D eigenvalue weighted by Gasteiger charge is 2.30. The molecule has 1 fully saturated rings. The topological polar surface area (TPSA) is 64.8 Å². The first-order valence-corrected chi connectivity index (χ1v) is 6.01. The summed E-state index contributed by atoms with van der Waals surface area (Å²) in [7, 11) is 1.63. The van der Waals surface area contributed by atoms with Crippen LogP contribution in [0.3, 0.4) is 0 Å². The first-order chi connectivity index (χ1) is 8.72. The van der Waals surface area contributed by atoms with Crippen molar-refractivity contribution in [3.8, 4) is 5.75 Å². The van der Waals surface area contributed by atoms with Crippen LogP contribution >= 0.6 is 0 Å². The molecule has 1 unspecified atom stereocenters. The average molecular weight is 250 g/mol. The fraction of sp³-hybridized carbons (Fsp3) is 0.462. The lowest BCUT2D eigenvalue weighted by Gasteiger charge is -2.13. The smallest absolute Gasteiger partial charge is 0.410 e. The molecule has 1 aromatic carbocycles. The van der Waals surface area contributed by atoms with Gasteiger partial charge in [0.05, 0.1) is 13.7 Å². The van der Waals surface area contributed by atoms with Gasteiger partial charge in [0.25, 0.3) is 0 Å². The Balaban J connectivity index is 1.94. The van der Waals surface area contributed by atoms with Crippen LogP contribution in [0.15, 0.2) is 24.3 Å². The van der Waals surface area contributed by atoms with Crippen LogP contribution in [0, 0.1) is 0 Å². The number of rotatable bonds is 5. The molecule has 1 atom stereocenters. The maximum Gasteiger partial charge on any atom is 0.410 e. The van der Waals surface area contributed by atoms with Crippen molar-refractivity contribution < 1.29 is 14.3 Å². The average Bonchev–Trinajstić information content (AvgIpc) is 2.71. The molecule has 5 heteroatoms. The van der Waals surface area contributed by atoms with Gasteiger partial charge in [-0.15, -0.1) is 0 Å². The third-order valence-electron chi connectivity index (χ3n) is 2.97. The number of hydrogen-bond donors (Lipinski definition) is 1. The van der Waals surface area contributed by atoms with Crippen molar-refractivity contribution in [1.82, 2.24) is 4.90 Å². The van der Waals surface area contributed by atoms with Crippen LogP contribution in [0.4, 0.5) is 4.79 Å². The summed E-state index contributed by atoms with van der Waals surface area (Å²) in [5.74, 6) is 0.809. The molecule has 0 bridgehead atoms. The molecule has 0 aliphatic carbocycles. The molecule has 5 nitrogen and oxygen atoms in total. The lowest BCUT2D eigenvalue weighted by Crippen LogP contribution is -2.25. The zero-order valence-electron chi connectivity index (χ0n) is 10.5. The largest absolute Gasteiger partial charge is 0.497 e. The van der Waals surface area contributed by atoms with E-state index in [-0.39, 0.29) is 12.2 Å². The number of carbonyl (C=O) groups excluding carboxylic acids is 1. The molecule has 98 valence electrons. The summed E-state index contributed by atoms with van der Waals surface area (Å²) in [6.07, 6.45) is 0.384. The molecule has 18 heavy (non-hydrogen) atoms. The fourth-order valence-corrected chi connectivity index (χ4v) is 1.99. The molecule has 1 aliphatic heterocycles. The van der Waals surface area contributed by atoms with Gasteiger partial charge in [0.1, 0.15) is 11.9 Å². The van der Waals surface area contributed by atoms with Crippen molar-refractivity contribution >= 4 is 6.09 Å². The maximum atomic E-state index is 11.6. The van der Waals surface area contributed by atoms with Crippen molar-refractivity contribution in [2.45, 2.75) is 19.1 Å². The van der Waals surface area contributed by atoms with E-state index in [0.29, 0.717) is 26.1 Å². The maximum absolute atomic E-state index is 11.6. The van der Waals surface area contributed by atoms with Gasteiger partial charge in [0, 0.05) is 6.54 Å². The monoisotopic (exact) mass is 250 g/mol. The Labute approximate surface area is 106 Å². The summed E-state index contributed by atoms with van der Waals surface area (Å²) < 4.78 is 10.3. The highest BCUT2D eigenvalue weighted by Crippen LogP contribution is 2.18. The molecule has 1 heterocycles. The Hall–Kier alpha value is -1.75. The number of carbonyl (C=O) groups is 1. The van der Waals surface area contributed by atoms with Gasteiger partial charge >= 0.3 is 6.09 Å². The van der Waals surface area contributed by atoms with Crippen LogP contribution in [-0.2, 0) is 11.3 Å². The van der Waals surface area contributed by atoms with Crippen LogP contribution < -0.4 is 10.5 Å². The second-order valence-electron chi connectivity index (χ2n) is 4.31. The Kier molecular flexibility index (Phi) is 4.04. The predicted octanol–water partition coefficient (Wildman–Crippen LogP) is 1.36. The summed E-state index contributed by atoms with van der Waals surface area (Å²) in [5.41, 5.74) is 6.52. The highest BCUT2D eigenvalue weighted by molar-refractivity contribution is 5.69. The van der Waals surface area contributed by atoms with E-state index >= 15 is 0 Å². The van der Waals surface area contributed by atoms with Crippen LogP contribution in [0.5, 0.6) is 5.75 Å². The van der Waals surface area contributed by atoms with E-state index in [2.05, 4.69) is 0 Å². The van der Waals surface area contributed by atoms with Gasteiger partial charge in [-0.2, -0.15) is 0 Å². The minimum Gasteiger partial charge on any atom is -0.497 e. The lowest BCUT2D eigenvalue weighted by molar-refractivity contribution is 0.129. The van der Waals surface area contributed by atoms with Gasteiger partial charge < -0.3 is 20.1 Å². The molecular formula is C13H18N2O3. The molecule has 1 aliphatic rings. The molecule has 1 saturated heterocycles. The zero-order chi connectivity index (χ0) is 13.0. The zero-order valence-corrected chi connectivity index (χ0v) is 10.5. The van der Waals surface area contributed by atoms with E-state index in [1.54, 1.807) is 12.0 Å². The summed E-state index contributed by atoms with van der Waals surface area (Å²) in [5, 5.41) is 0. The van der Waals surface area contributed by atoms with Crippen molar-refractivity contribution in [2.75, 3.05) is 20.2 Å². The predicted molar refractivity (Wildman–Crippen MR) is 67.3 cm³/mol. The third-order valence-corrected chi connectivity index (χ3v) is 2.97. The first kappa shape index (κ1) is 12.7. The number of cyclic esters (lactones) is 1. The number of ether oxygens (including phenoxy) is 2. The Bertz CT molecular complexity index is 405. The number of amides is 1. The van der Waals surface area contributed by atoms with Gasteiger partial charge in [-0.25, -0.2) is 4.79 Å². The van der Waals surface area contributed by atoms with Crippen LogP contribution in [0.1, 0.15) is 12.0 Å². The number of benzene rings is 1. The van der Waals surface area contributed by atoms with Crippen molar-refractivity contribution in [2.24, 2.45) is 5.73 Å². The number of hydrogen-bond acceptors (Lipinski definition) is 4. The minimum atomic E-state index is -0.260. The standard InChI is InChI=1S/C13H18N2O3/c1-17-11-4-2-10(3-5-11)8-15-9-12(6-7-14)18-13(15)16/h2-5,12H,6-9,14H2,1H3. The summed E-state index contributed by atoms with van der Waals surface area (Å²) in [6, 6.07) is 7.66. The Morgan fingerprint density at radius 3 is 2.78 bits per heavy atom. The molecular weight excluding hydrogens is 232 g/mol. The molecule has 0 spiro atoms. The Morgan fingerprint density at radius 1 is 1.44 bits per heavy atom. The van der Waals surface area contributed by atoms with Gasteiger partial charge in [-0.1, -0.05) is 12.1 Å². The van der Waals surface area contributed by atoms with Gasteiger partial charge in [0.15, 0.2) is 0 Å². The van der Waals surface area contributed by atoms with Crippen LogP contribution in [-0.4, -0.2) is 37.3 Å². The van der Waals surface area contributed by atoms with Gasteiger partial charge in [-0.3, -0.25) is 0 Å². The molecule has 2 rings (SSSR count). The van der Waals surface area contributed by atoms with Crippen molar-refractivity contribution in [1.29, 1.82) is 0 Å². The number of nitrogens with zero attached hydrogens (tertiary/aromatic N) is 1. The van der Waals surface area contributed by atoms with E-state index < -0.39 is 0 Å². The minimum absolute atomic E-state index is 0.0688. The fourth-order valence-electron chi connectivity index (χ4n) is 1.99. The highest BCUT2D eigenvalue weighted by atomic mass is 16.6. The molecule has 0 aromatic heterocycles. The van der Waals surface area contributed by atoms with Crippen molar-refractivity contribution in [3.63, 3.8) is 0 Å². The van der Waals surface area contributed by atoms with Crippen molar-refractivity contribution in [3.05, 3.63) is 29.8 Å². The van der Waals surface area contributed by atoms with E-state index in [1.807, 2.05) is 24.3 Å². The van der Waals surface area contributed by atoms with Gasteiger partial charge in [-0.05, 0) is 30.7 Å². The quantitative estimate of drug-likeness (QED) is 0.857. The SMILES string of the molecule is COc1ccc(CN2CC(CCN)OC2=O)cc1.